The van der Waals surface area contributed by atoms with Crippen LogP contribution < -0.4 is 10.3 Å². The molecule has 0 spiro atoms. The molecule has 2 heterocycles. The molecule has 33 heavy (non-hydrogen) atoms. The minimum Gasteiger partial charge on any atom is -0.450 e. The quantitative estimate of drug-likeness (QED) is 0.259. The van der Waals surface area contributed by atoms with Crippen LogP contribution in [0, 0.1) is 10.1 Å². The fraction of sp³-hybridized carbons (Fsp3) is 0.0800. The second kappa shape index (κ2) is 7.52. The predicted molar refractivity (Wildman–Crippen MR) is 121 cm³/mol. The molecule has 0 saturated heterocycles. The van der Waals surface area contributed by atoms with E-state index in [2.05, 4.69) is 0 Å². The lowest BCUT2D eigenvalue weighted by molar-refractivity contribution is -0.384. The summed E-state index contributed by atoms with van der Waals surface area (Å²) in [6, 6.07) is 17.9. The normalized spacial score (nSPS) is 15.0. The minimum absolute atomic E-state index is 0.106. The Hall–Kier alpha value is -4.59. The molecule has 162 valence electrons. The van der Waals surface area contributed by atoms with E-state index in [0.29, 0.717) is 22.2 Å². The predicted octanol–water partition coefficient (Wildman–Crippen LogP) is 4.65. The first-order valence-electron chi connectivity index (χ1n) is 10.1. The van der Waals surface area contributed by atoms with E-state index in [1.807, 2.05) is 0 Å². The molecular weight excluding hydrogens is 424 g/mol. The molecule has 0 fully saturated rings. The van der Waals surface area contributed by atoms with Gasteiger partial charge < -0.3 is 4.42 Å². The first kappa shape index (κ1) is 20.3. The van der Waals surface area contributed by atoms with Crippen molar-refractivity contribution in [2.75, 3.05) is 4.90 Å². The summed E-state index contributed by atoms with van der Waals surface area (Å²) in [5, 5.41) is 11.7. The summed E-state index contributed by atoms with van der Waals surface area (Å²) in [7, 11) is 0. The maximum absolute atomic E-state index is 13.5. The zero-order valence-electron chi connectivity index (χ0n) is 17.3. The lowest BCUT2D eigenvalue weighted by Crippen LogP contribution is -2.29. The Morgan fingerprint density at radius 2 is 1.73 bits per heavy atom. The molecular formula is C25H16N2O6. The number of nitro groups is 1. The smallest absolute Gasteiger partial charge is 0.295 e. The SMILES string of the molecule is CC(=O)c1ccc(N2C(=O)c3oc4ccccc4c(=O)c3C2c2cccc([N+](=O)[O-])c2)cc1. The van der Waals surface area contributed by atoms with Crippen LogP contribution in [0.25, 0.3) is 11.0 Å². The molecule has 1 aromatic heterocycles. The molecule has 1 amide bonds. The highest BCUT2D eigenvalue weighted by Crippen LogP contribution is 2.41. The monoisotopic (exact) mass is 440 g/mol. The lowest BCUT2D eigenvalue weighted by atomic mass is 9.97. The fourth-order valence-corrected chi connectivity index (χ4v) is 4.17. The molecule has 4 aromatic rings. The van der Waals surface area contributed by atoms with Gasteiger partial charge in [-0.3, -0.25) is 29.4 Å². The standard InChI is InChI=1S/C25H16N2O6/c1-14(28)15-9-11-17(12-10-15)26-22(16-5-4-6-18(13-16)27(31)32)21-23(29)19-7-2-3-8-20(19)33-24(21)25(26)30/h2-13,22H,1H3. The molecule has 8 heteroatoms. The number of nitro benzene ring substituents is 1. The molecule has 1 atom stereocenters. The summed E-state index contributed by atoms with van der Waals surface area (Å²) in [5.74, 6) is -0.776. The highest BCUT2D eigenvalue weighted by atomic mass is 16.6. The summed E-state index contributed by atoms with van der Waals surface area (Å²) in [4.78, 5) is 50.9. The maximum Gasteiger partial charge on any atom is 0.295 e. The van der Waals surface area contributed by atoms with Crippen LogP contribution >= 0.6 is 0 Å². The topological polar surface area (TPSA) is 111 Å². The number of para-hydroxylation sites is 1. The Bertz CT molecular complexity index is 1520. The van der Waals surface area contributed by atoms with Gasteiger partial charge in [0.05, 0.1) is 21.9 Å². The third-order valence-electron chi connectivity index (χ3n) is 5.73. The number of nitrogens with zero attached hydrogens (tertiary/aromatic N) is 2. The summed E-state index contributed by atoms with van der Waals surface area (Å²) < 4.78 is 5.86. The van der Waals surface area contributed by atoms with Gasteiger partial charge in [0.25, 0.3) is 11.6 Å². The molecule has 0 radical (unpaired) electrons. The number of anilines is 1. The van der Waals surface area contributed by atoms with E-state index in [1.165, 1.54) is 30.0 Å². The van der Waals surface area contributed by atoms with E-state index < -0.39 is 16.9 Å². The van der Waals surface area contributed by atoms with Gasteiger partial charge in [-0.15, -0.1) is 0 Å². The Morgan fingerprint density at radius 1 is 1.00 bits per heavy atom. The van der Waals surface area contributed by atoms with E-state index in [4.69, 9.17) is 4.42 Å². The van der Waals surface area contributed by atoms with E-state index >= 15 is 0 Å². The van der Waals surface area contributed by atoms with Crippen molar-refractivity contribution in [1.82, 2.24) is 0 Å². The van der Waals surface area contributed by atoms with E-state index in [9.17, 15) is 24.5 Å². The number of amides is 1. The van der Waals surface area contributed by atoms with Crippen LogP contribution in [0.5, 0.6) is 0 Å². The van der Waals surface area contributed by atoms with Gasteiger partial charge in [-0.25, -0.2) is 0 Å². The molecule has 0 N–H and O–H groups in total. The van der Waals surface area contributed by atoms with Crippen molar-refractivity contribution in [2.45, 2.75) is 13.0 Å². The van der Waals surface area contributed by atoms with Crippen molar-refractivity contribution in [3.8, 4) is 0 Å². The van der Waals surface area contributed by atoms with Crippen LogP contribution in [0.3, 0.4) is 0 Å². The number of non-ortho nitro benzene ring substituents is 1. The molecule has 1 unspecified atom stereocenters. The van der Waals surface area contributed by atoms with Gasteiger partial charge in [0.2, 0.25) is 5.76 Å². The van der Waals surface area contributed by atoms with Crippen molar-refractivity contribution < 1.29 is 18.9 Å². The van der Waals surface area contributed by atoms with Crippen molar-refractivity contribution in [1.29, 1.82) is 0 Å². The number of fused-ring (bicyclic) bond motifs is 2. The molecule has 0 bridgehead atoms. The molecule has 8 nitrogen and oxygen atoms in total. The number of ketones is 1. The van der Waals surface area contributed by atoms with Crippen molar-refractivity contribution in [3.05, 3.63) is 116 Å². The van der Waals surface area contributed by atoms with E-state index in [-0.39, 0.29) is 33.8 Å². The number of hydrogen-bond donors (Lipinski definition) is 0. The van der Waals surface area contributed by atoms with Crippen molar-refractivity contribution >= 4 is 34.0 Å². The van der Waals surface area contributed by atoms with Crippen LogP contribution in [-0.2, 0) is 0 Å². The number of Topliss-reactive ketones (excluding diaryl/α,β-unsaturated/α-hetero) is 1. The van der Waals surface area contributed by atoms with Gasteiger partial charge in [-0.05, 0) is 48.9 Å². The van der Waals surface area contributed by atoms with Crippen LogP contribution in [-0.4, -0.2) is 16.6 Å². The van der Waals surface area contributed by atoms with Crippen molar-refractivity contribution in [3.63, 3.8) is 0 Å². The Kier molecular flexibility index (Phi) is 4.63. The zero-order chi connectivity index (χ0) is 23.3. The van der Waals surface area contributed by atoms with Gasteiger partial charge in [0.1, 0.15) is 5.58 Å². The molecule has 3 aromatic carbocycles. The van der Waals surface area contributed by atoms with Gasteiger partial charge in [-0.2, -0.15) is 0 Å². The van der Waals surface area contributed by atoms with Crippen LogP contribution in [0.4, 0.5) is 11.4 Å². The second-order valence-electron chi connectivity index (χ2n) is 7.70. The first-order valence-corrected chi connectivity index (χ1v) is 10.1. The highest BCUT2D eigenvalue weighted by Gasteiger charge is 2.44. The van der Waals surface area contributed by atoms with Gasteiger partial charge in [-0.1, -0.05) is 24.3 Å². The third-order valence-corrected chi connectivity index (χ3v) is 5.73. The molecule has 0 aliphatic carbocycles. The van der Waals surface area contributed by atoms with E-state index in [0.717, 1.165) is 0 Å². The van der Waals surface area contributed by atoms with Gasteiger partial charge in [0.15, 0.2) is 11.2 Å². The van der Waals surface area contributed by atoms with Crippen LogP contribution in [0.1, 0.15) is 45.0 Å². The third kappa shape index (κ3) is 3.20. The number of carbonyl (C=O) groups is 2. The second-order valence-corrected chi connectivity index (χ2v) is 7.70. The first-order chi connectivity index (χ1) is 15.9. The fourth-order valence-electron chi connectivity index (χ4n) is 4.17. The average Bonchev–Trinajstić information content (AvgIpc) is 3.12. The largest absolute Gasteiger partial charge is 0.450 e. The summed E-state index contributed by atoms with van der Waals surface area (Å²) in [6.45, 7) is 1.44. The molecule has 1 aliphatic rings. The zero-order valence-corrected chi connectivity index (χ0v) is 17.3. The minimum atomic E-state index is -0.934. The van der Waals surface area contributed by atoms with Gasteiger partial charge >= 0.3 is 0 Å². The van der Waals surface area contributed by atoms with Crippen molar-refractivity contribution in [2.24, 2.45) is 0 Å². The molecule has 1 aliphatic heterocycles. The summed E-state index contributed by atoms with van der Waals surface area (Å²) in [6.07, 6.45) is 0. The maximum atomic E-state index is 13.5. The van der Waals surface area contributed by atoms with Crippen LogP contribution in [0.2, 0.25) is 0 Å². The number of benzene rings is 3. The number of hydrogen-bond acceptors (Lipinski definition) is 6. The van der Waals surface area contributed by atoms with Crippen LogP contribution in [0.15, 0.2) is 82.0 Å². The number of rotatable bonds is 4. The van der Waals surface area contributed by atoms with E-state index in [1.54, 1.807) is 54.6 Å². The lowest BCUT2D eigenvalue weighted by Gasteiger charge is -2.25. The Morgan fingerprint density at radius 3 is 2.42 bits per heavy atom. The Balaban J connectivity index is 1.78. The molecule has 5 rings (SSSR count). The molecule has 0 saturated carbocycles. The Labute approximate surface area is 186 Å². The summed E-state index contributed by atoms with van der Waals surface area (Å²) in [5.41, 5.74) is 1.15. The highest BCUT2D eigenvalue weighted by molar-refractivity contribution is 6.11. The average molecular weight is 440 g/mol. The summed E-state index contributed by atoms with van der Waals surface area (Å²) >= 11 is 0. The number of carbonyl (C=O) groups excluding carboxylic acids is 2. The van der Waals surface area contributed by atoms with Gasteiger partial charge in [0, 0.05) is 23.4 Å².